The number of benzene rings is 1. The molecule has 2 aliphatic heterocycles. The zero-order valence-electron chi connectivity index (χ0n) is 19.0. The second-order valence-electron chi connectivity index (χ2n) is 10.0. The van der Waals surface area contributed by atoms with Crippen LogP contribution in [0.2, 0.25) is 0 Å². The van der Waals surface area contributed by atoms with Crippen molar-refractivity contribution < 1.29 is 18.3 Å². The van der Waals surface area contributed by atoms with Crippen molar-refractivity contribution in [2.75, 3.05) is 11.9 Å². The summed E-state index contributed by atoms with van der Waals surface area (Å²) in [5, 5.41) is 29.3. The van der Waals surface area contributed by atoms with Gasteiger partial charge in [-0.15, -0.1) is 23.4 Å². The first-order valence-electron chi connectivity index (χ1n) is 11.4. The van der Waals surface area contributed by atoms with Crippen LogP contribution >= 0.6 is 0 Å². The summed E-state index contributed by atoms with van der Waals surface area (Å²) in [5.74, 6) is 0.912. The van der Waals surface area contributed by atoms with Gasteiger partial charge in [-0.05, 0) is 63.6 Å². The molecule has 3 N–H and O–H groups in total. The number of alkyl halides is 3. The van der Waals surface area contributed by atoms with Crippen LogP contribution in [0.25, 0.3) is 22.5 Å². The largest absolute Gasteiger partial charge is 0.507 e. The molecular formula is C24H27F3N6O. The molecule has 2 unspecified atom stereocenters. The van der Waals surface area contributed by atoms with E-state index in [0.29, 0.717) is 11.7 Å². The van der Waals surface area contributed by atoms with Crippen LogP contribution in [0.4, 0.5) is 19.0 Å². The predicted octanol–water partition coefficient (Wildman–Crippen LogP) is 4.91. The second kappa shape index (κ2) is 7.97. The highest BCUT2D eigenvalue weighted by Gasteiger charge is 2.48. The highest BCUT2D eigenvalue weighted by molar-refractivity contribution is 5.82. The number of aromatic hydroxyl groups is 1. The molecule has 0 amide bonds. The molecule has 2 atom stereocenters. The lowest BCUT2D eigenvalue weighted by Crippen LogP contribution is -2.54. The van der Waals surface area contributed by atoms with E-state index in [1.165, 1.54) is 25.0 Å². The summed E-state index contributed by atoms with van der Waals surface area (Å²) in [5.41, 5.74) is 0.883. The molecule has 2 bridgehead atoms. The Bertz CT molecular complexity index is 1180. The molecule has 2 fully saturated rings. The number of fused-ring (bicyclic) bond motifs is 2. The van der Waals surface area contributed by atoms with Crippen molar-refractivity contribution in [3.8, 4) is 28.3 Å². The summed E-state index contributed by atoms with van der Waals surface area (Å²) in [4.78, 5) is 0. The number of phenols is 1. The Morgan fingerprint density at radius 2 is 1.76 bits per heavy atom. The van der Waals surface area contributed by atoms with Gasteiger partial charge in [0, 0.05) is 34.9 Å². The zero-order valence-corrected chi connectivity index (χ0v) is 19.0. The fraction of sp³-hybridized carbons (Fsp3) is 0.458. The van der Waals surface area contributed by atoms with Crippen molar-refractivity contribution in [3.63, 3.8) is 0 Å². The summed E-state index contributed by atoms with van der Waals surface area (Å²) in [6.45, 7) is 5.31. The molecular weight excluding hydrogens is 445 g/mol. The number of halogens is 3. The molecule has 180 valence electrons. The maximum atomic E-state index is 13.4. The first-order valence-corrected chi connectivity index (χ1v) is 11.4. The fourth-order valence-corrected chi connectivity index (χ4v) is 5.60. The van der Waals surface area contributed by atoms with E-state index in [9.17, 15) is 18.3 Å². The van der Waals surface area contributed by atoms with E-state index in [1.807, 2.05) is 0 Å². The molecule has 34 heavy (non-hydrogen) atoms. The van der Waals surface area contributed by atoms with Crippen molar-refractivity contribution in [2.24, 2.45) is 5.92 Å². The van der Waals surface area contributed by atoms with E-state index >= 15 is 0 Å². The number of para-hydroxylation sites is 1. The van der Waals surface area contributed by atoms with Gasteiger partial charge in [0.05, 0.1) is 0 Å². The summed E-state index contributed by atoms with van der Waals surface area (Å²) in [7, 11) is 0. The van der Waals surface area contributed by atoms with Crippen molar-refractivity contribution >= 4 is 5.82 Å². The van der Waals surface area contributed by atoms with Crippen LogP contribution in [0.5, 0.6) is 5.75 Å². The van der Waals surface area contributed by atoms with Crippen molar-refractivity contribution in [2.45, 2.75) is 56.9 Å². The first kappa shape index (κ1) is 22.6. The number of aromatic nitrogens is 4. The lowest BCUT2D eigenvalue weighted by molar-refractivity contribution is -0.212. The Labute approximate surface area is 195 Å². The minimum absolute atomic E-state index is 0.00588. The number of anilines is 1. The normalized spacial score (nSPS) is 26.6. The molecule has 2 saturated heterocycles. The summed E-state index contributed by atoms with van der Waals surface area (Å²) in [6, 6.07) is 9.47. The average molecular weight is 473 g/mol. The Kier molecular flexibility index (Phi) is 5.31. The summed E-state index contributed by atoms with van der Waals surface area (Å²) >= 11 is 0. The second-order valence-corrected chi connectivity index (χ2v) is 10.0. The Morgan fingerprint density at radius 1 is 1.06 bits per heavy atom. The summed E-state index contributed by atoms with van der Waals surface area (Å²) < 4.78 is 40.0. The van der Waals surface area contributed by atoms with Crippen molar-refractivity contribution in [1.29, 1.82) is 0 Å². The first-order chi connectivity index (χ1) is 16.0. The van der Waals surface area contributed by atoms with E-state index in [0.717, 1.165) is 25.6 Å². The van der Waals surface area contributed by atoms with Gasteiger partial charge in [-0.3, -0.25) is 0 Å². The zero-order chi connectivity index (χ0) is 24.1. The topological polar surface area (TPSA) is 87.9 Å². The highest BCUT2D eigenvalue weighted by Crippen LogP contribution is 2.44. The van der Waals surface area contributed by atoms with Crippen LogP contribution in [0.1, 0.15) is 39.5 Å². The highest BCUT2D eigenvalue weighted by atomic mass is 19.4. The monoisotopic (exact) mass is 472 g/mol. The Balaban J connectivity index is 1.36. The van der Waals surface area contributed by atoms with Gasteiger partial charge < -0.3 is 15.7 Å². The van der Waals surface area contributed by atoms with Gasteiger partial charge in [0.15, 0.2) is 0 Å². The third kappa shape index (κ3) is 4.34. The molecule has 1 aromatic carbocycles. The van der Waals surface area contributed by atoms with Gasteiger partial charge in [0.1, 0.15) is 23.0 Å². The number of hydrogen-bond acceptors (Lipinski definition) is 6. The third-order valence-corrected chi connectivity index (χ3v) is 6.96. The van der Waals surface area contributed by atoms with Gasteiger partial charge in [-0.2, -0.15) is 9.78 Å². The van der Waals surface area contributed by atoms with Gasteiger partial charge in [0.2, 0.25) is 0 Å². The van der Waals surface area contributed by atoms with Crippen LogP contribution in [0, 0.1) is 5.92 Å². The lowest BCUT2D eigenvalue weighted by atomic mass is 9.80. The lowest BCUT2D eigenvalue weighted by Gasteiger charge is -2.42. The molecule has 7 nitrogen and oxygen atoms in total. The number of nitrogens with one attached hydrogen (secondary N) is 2. The van der Waals surface area contributed by atoms with Gasteiger partial charge >= 0.3 is 6.30 Å². The van der Waals surface area contributed by atoms with Crippen LogP contribution in [-0.4, -0.2) is 42.7 Å². The molecule has 0 spiro atoms. The molecule has 10 heteroatoms. The van der Waals surface area contributed by atoms with Gasteiger partial charge in [-0.25, -0.2) is 0 Å². The molecule has 0 radical (unpaired) electrons. The number of hydrogen-bond donors (Lipinski definition) is 3. The Morgan fingerprint density at radius 3 is 2.38 bits per heavy atom. The number of phenolic OH excluding ortho intramolecular Hbond substituents is 1. The minimum Gasteiger partial charge on any atom is -0.507 e. The van der Waals surface area contributed by atoms with Crippen LogP contribution in [0.3, 0.4) is 0 Å². The average Bonchev–Trinajstić information content (AvgIpc) is 3.31. The molecule has 2 aromatic heterocycles. The van der Waals surface area contributed by atoms with E-state index in [4.69, 9.17) is 0 Å². The minimum atomic E-state index is -4.70. The quantitative estimate of drug-likeness (QED) is 0.489. The van der Waals surface area contributed by atoms with E-state index in [1.54, 1.807) is 24.3 Å². The Hall–Kier alpha value is -3.14. The molecule has 2 aliphatic rings. The molecule has 4 heterocycles. The smallest absolute Gasteiger partial charge is 0.504 e. The molecule has 0 saturated carbocycles. The van der Waals surface area contributed by atoms with Gasteiger partial charge in [-0.1, -0.05) is 18.2 Å². The van der Waals surface area contributed by atoms with Gasteiger partial charge in [0.25, 0.3) is 0 Å². The van der Waals surface area contributed by atoms with E-state index < -0.39 is 6.30 Å². The standard InChI is InChI=1S/C24H27F3N6O/c1-22-9-10-23(2,32-22)12-15(11-22)13-28-20-8-7-18(29-30-20)21-17(14-33(31-21)24(25,26)27)16-5-3-4-6-19(16)34/h3-8,14-15,32,34H,9-13H2,1-2H3,(H,28,30). The number of nitrogens with zero attached hydrogens (tertiary/aromatic N) is 4. The summed E-state index contributed by atoms with van der Waals surface area (Å²) in [6.07, 6.45) is 0.676. The fourth-order valence-electron chi connectivity index (χ4n) is 5.60. The van der Waals surface area contributed by atoms with Crippen molar-refractivity contribution in [1.82, 2.24) is 25.3 Å². The van der Waals surface area contributed by atoms with Crippen LogP contribution in [0.15, 0.2) is 42.6 Å². The molecule has 0 aliphatic carbocycles. The predicted molar refractivity (Wildman–Crippen MR) is 122 cm³/mol. The van der Waals surface area contributed by atoms with Crippen molar-refractivity contribution in [3.05, 3.63) is 42.6 Å². The molecule has 3 aromatic rings. The SMILES string of the molecule is CC12CCC(C)(CC(CNc3ccc(-c4nn(C(F)(F)F)cc4-c4ccccc4O)nn3)C1)N2. The van der Waals surface area contributed by atoms with Crippen LogP contribution in [-0.2, 0) is 6.30 Å². The third-order valence-electron chi connectivity index (χ3n) is 6.96. The van der Waals surface area contributed by atoms with E-state index in [2.05, 4.69) is 39.8 Å². The molecule has 5 rings (SSSR count). The number of rotatable bonds is 5. The maximum absolute atomic E-state index is 13.4. The van der Waals surface area contributed by atoms with E-state index in [-0.39, 0.29) is 44.0 Å². The maximum Gasteiger partial charge on any atom is 0.504 e. The number of piperidine rings is 1. The van der Waals surface area contributed by atoms with Crippen LogP contribution < -0.4 is 10.6 Å².